The van der Waals surface area contributed by atoms with Crippen molar-refractivity contribution in [2.24, 2.45) is 0 Å². The Bertz CT molecular complexity index is 588. The van der Waals surface area contributed by atoms with Crippen LogP contribution in [-0.4, -0.2) is 26.7 Å². The molecule has 1 aliphatic carbocycles. The normalized spacial score (nSPS) is 17.0. The van der Waals surface area contributed by atoms with Gasteiger partial charge in [-0.25, -0.2) is 4.74 Å². The lowest BCUT2D eigenvalue weighted by molar-refractivity contribution is -0.530. The fraction of sp³-hybridized carbons (Fsp3) is 0.562. The molecule has 0 aliphatic heterocycles. The summed E-state index contributed by atoms with van der Waals surface area (Å²) in [6, 6.07) is 4.78. The van der Waals surface area contributed by atoms with Gasteiger partial charge in [0.15, 0.2) is 11.8 Å². The highest BCUT2D eigenvalue weighted by Gasteiger charge is 2.22. The number of benzene rings is 1. The molecule has 1 aromatic rings. The fourth-order valence-corrected chi connectivity index (χ4v) is 3.69. The van der Waals surface area contributed by atoms with E-state index in [9.17, 15) is 15.3 Å². The number of hydrogen-bond donors (Lipinski definition) is 0. The molecule has 2 rings (SSSR count). The molecule has 0 amide bonds. The average Bonchev–Trinajstić information content (AvgIpc) is 2.92. The summed E-state index contributed by atoms with van der Waals surface area (Å²) in [7, 11) is 0. The average molecular weight is 322 g/mol. The number of thioether (sulfide) groups is 1. The van der Waals surface area contributed by atoms with Crippen molar-refractivity contribution in [2.45, 2.75) is 62.1 Å². The van der Waals surface area contributed by atoms with E-state index in [1.807, 2.05) is 20.8 Å². The number of hydrogen-bond acceptors (Lipinski definition) is 4. The van der Waals surface area contributed by atoms with E-state index in [-0.39, 0.29) is 5.69 Å². The number of rotatable bonds is 4. The Morgan fingerprint density at radius 2 is 1.86 bits per heavy atom. The van der Waals surface area contributed by atoms with Crippen LogP contribution in [0.15, 0.2) is 23.1 Å². The Morgan fingerprint density at radius 1 is 1.23 bits per heavy atom. The Balaban J connectivity index is 2.37. The van der Waals surface area contributed by atoms with Gasteiger partial charge in [0.05, 0.1) is 10.5 Å². The van der Waals surface area contributed by atoms with E-state index in [1.54, 1.807) is 17.8 Å². The lowest BCUT2D eigenvalue weighted by Crippen LogP contribution is -2.29. The third-order valence-corrected chi connectivity index (χ3v) is 5.15. The molecule has 0 bridgehead atoms. The molecular formula is C16H22N2O3S. The van der Waals surface area contributed by atoms with Crippen LogP contribution >= 0.6 is 11.8 Å². The van der Waals surface area contributed by atoms with Crippen LogP contribution in [0.1, 0.15) is 52.0 Å². The Hall–Kier alpha value is -1.56. The number of non-ortho nitro benzene ring substituents is 1. The molecule has 120 valence electrons. The van der Waals surface area contributed by atoms with Crippen molar-refractivity contribution in [3.63, 3.8) is 0 Å². The maximum atomic E-state index is 12.2. The van der Waals surface area contributed by atoms with Gasteiger partial charge in [0.2, 0.25) is 0 Å². The minimum atomic E-state index is -0.570. The van der Waals surface area contributed by atoms with Gasteiger partial charge in [0, 0.05) is 43.0 Å². The zero-order valence-corrected chi connectivity index (χ0v) is 14.1. The van der Waals surface area contributed by atoms with Crippen LogP contribution in [0.3, 0.4) is 0 Å². The lowest BCUT2D eigenvalue weighted by Gasteiger charge is -2.19. The number of nitro benzene ring substituents is 1. The van der Waals surface area contributed by atoms with Crippen LogP contribution in [0, 0.1) is 15.3 Å². The second-order valence-electron chi connectivity index (χ2n) is 6.63. The van der Waals surface area contributed by atoms with Crippen molar-refractivity contribution in [3.8, 4) is 0 Å². The summed E-state index contributed by atoms with van der Waals surface area (Å²) in [4.78, 5) is 11.5. The summed E-state index contributed by atoms with van der Waals surface area (Å²) in [5.74, 6) is 0. The van der Waals surface area contributed by atoms with Gasteiger partial charge in [0.1, 0.15) is 0 Å². The standard InChI is InChI=1S/C16H22N2O3S/c1-16(2,3)17(19)11-12-10-13(18(20)21)8-9-15(12)22-14-6-4-5-7-14/h8-11,14H,4-7H2,1-3H3. The SMILES string of the molecule is CC(C)(C)[N+]([O-])=Cc1cc([N+](=O)[O-])ccc1SC1CCCC1. The number of nitrogens with zero attached hydrogens (tertiary/aromatic N) is 2. The molecule has 0 atom stereocenters. The van der Waals surface area contributed by atoms with Crippen molar-refractivity contribution >= 4 is 23.7 Å². The Kier molecular flexibility index (Phi) is 5.11. The van der Waals surface area contributed by atoms with Crippen LogP contribution in [0.25, 0.3) is 0 Å². The molecule has 0 radical (unpaired) electrons. The van der Waals surface area contributed by atoms with Gasteiger partial charge in [-0.15, -0.1) is 11.8 Å². The predicted octanol–water partition coefficient (Wildman–Crippen LogP) is 4.36. The minimum Gasteiger partial charge on any atom is -0.623 e. The van der Waals surface area contributed by atoms with E-state index in [2.05, 4.69) is 0 Å². The largest absolute Gasteiger partial charge is 0.623 e. The van der Waals surface area contributed by atoms with Gasteiger partial charge in [-0.3, -0.25) is 10.1 Å². The third kappa shape index (κ3) is 4.22. The third-order valence-electron chi connectivity index (χ3n) is 3.72. The summed E-state index contributed by atoms with van der Waals surface area (Å²) in [6.07, 6.45) is 6.28. The van der Waals surface area contributed by atoms with Crippen molar-refractivity contribution in [2.75, 3.05) is 0 Å². The zero-order valence-electron chi connectivity index (χ0n) is 13.2. The van der Waals surface area contributed by atoms with Crippen molar-refractivity contribution in [3.05, 3.63) is 39.1 Å². The van der Waals surface area contributed by atoms with Crippen molar-refractivity contribution in [1.29, 1.82) is 0 Å². The van der Waals surface area contributed by atoms with Crippen molar-refractivity contribution in [1.82, 2.24) is 0 Å². The topological polar surface area (TPSA) is 69.2 Å². The fourth-order valence-electron chi connectivity index (χ4n) is 2.36. The van der Waals surface area contributed by atoms with E-state index in [4.69, 9.17) is 0 Å². The molecule has 22 heavy (non-hydrogen) atoms. The molecule has 1 aliphatic rings. The molecule has 0 heterocycles. The van der Waals surface area contributed by atoms with Gasteiger partial charge in [-0.1, -0.05) is 12.8 Å². The summed E-state index contributed by atoms with van der Waals surface area (Å²) in [6.45, 7) is 5.45. The first-order valence-electron chi connectivity index (χ1n) is 7.54. The van der Waals surface area contributed by atoms with Crippen LogP contribution in [0.5, 0.6) is 0 Å². The minimum absolute atomic E-state index is 0.0179. The smallest absolute Gasteiger partial charge is 0.270 e. The van der Waals surface area contributed by atoms with Crippen LogP contribution in [-0.2, 0) is 0 Å². The van der Waals surface area contributed by atoms with E-state index >= 15 is 0 Å². The maximum absolute atomic E-state index is 12.2. The number of nitro groups is 1. The molecule has 0 spiro atoms. The molecule has 5 nitrogen and oxygen atoms in total. The van der Waals surface area contributed by atoms with Gasteiger partial charge in [-0.05, 0) is 18.9 Å². The first kappa shape index (κ1) is 16.8. The highest BCUT2D eigenvalue weighted by atomic mass is 32.2. The molecule has 1 saturated carbocycles. The second-order valence-corrected chi connectivity index (χ2v) is 7.97. The Labute approximate surface area is 135 Å². The monoisotopic (exact) mass is 322 g/mol. The molecule has 6 heteroatoms. The molecule has 0 unspecified atom stereocenters. The first-order chi connectivity index (χ1) is 10.3. The summed E-state index contributed by atoms with van der Waals surface area (Å²) in [5, 5.41) is 23.7. The highest BCUT2D eigenvalue weighted by molar-refractivity contribution is 8.00. The maximum Gasteiger partial charge on any atom is 0.270 e. The molecule has 0 saturated heterocycles. The van der Waals surface area contributed by atoms with Crippen molar-refractivity contribution < 1.29 is 9.66 Å². The zero-order chi connectivity index (χ0) is 16.3. The Morgan fingerprint density at radius 3 is 2.41 bits per heavy atom. The van der Waals surface area contributed by atoms with Crippen LogP contribution in [0.2, 0.25) is 0 Å². The number of hydroxylamine groups is 1. The lowest BCUT2D eigenvalue weighted by atomic mass is 10.1. The quantitative estimate of drug-likeness (QED) is 0.271. The summed E-state index contributed by atoms with van der Waals surface area (Å²) >= 11 is 1.73. The first-order valence-corrected chi connectivity index (χ1v) is 8.42. The van der Waals surface area contributed by atoms with E-state index in [1.165, 1.54) is 44.0 Å². The van der Waals surface area contributed by atoms with Gasteiger partial charge in [-0.2, -0.15) is 0 Å². The second kappa shape index (κ2) is 6.69. The van der Waals surface area contributed by atoms with Gasteiger partial charge in [0.25, 0.3) is 5.69 Å². The molecular weight excluding hydrogens is 300 g/mol. The summed E-state index contributed by atoms with van der Waals surface area (Å²) < 4.78 is 0.866. The van der Waals surface area contributed by atoms with E-state index in [0.717, 1.165) is 9.63 Å². The van der Waals surface area contributed by atoms with Crippen LogP contribution in [0.4, 0.5) is 5.69 Å². The molecule has 1 fully saturated rings. The summed E-state index contributed by atoms with van der Waals surface area (Å²) in [5.41, 5.74) is 0.0836. The highest BCUT2D eigenvalue weighted by Crippen LogP contribution is 2.37. The molecule has 0 N–H and O–H groups in total. The van der Waals surface area contributed by atoms with E-state index in [0.29, 0.717) is 10.8 Å². The predicted molar refractivity (Wildman–Crippen MR) is 89.8 cm³/mol. The van der Waals surface area contributed by atoms with Gasteiger partial charge >= 0.3 is 0 Å². The van der Waals surface area contributed by atoms with Crippen LogP contribution < -0.4 is 0 Å². The molecule has 0 aromatic heterocycles. The van der Waals surface area contributed by atoms with Gasteiger partial charge < -0.3 is 5.21 Å². The van der Waals surface area contributed by atoms with E-state index < -0.39 is 10.5 Å². The molecule has 1 aromatic carbocycles.